The molecule has 0 saturated carbocycles. The molecule has 0 amide bonds. The van der Waals surface area contributed by atoms with Crippen molar-refractivity contribution in [1.29, 1.82) is 0 Å². The van der Waals surface area contributed by atoms with E-state index in [1.54, 1.807) is 6.20 Å². The van der Waals surface area contributed by atoms with Crippen molar-refractivity contribution in [2.24, 2.45) is 0 Å². The van der Waals surface area contributed by atoms with Crippen LogP contribution in [0, 0.1) is 0 Å². The number of hydrogen-bond donors (Lipinski definition) is 1. The highest BCUT2D eigenvalue weighted by atomic mass is 32.2. The van der Waals surface area contributed by atoms with Gasteiger partial charge in [-0.05, 0) is 17.7 Å². The van der Waals surface area contributed by atoms with Crippen LogP contribution in [-0.2, 0) is 16.4 Å². The summed E-state index contributed by atoms with van der Waals surface area (Å²) in [5, 5.41) is 3.34. The van der Waals surface area contributed by atoms with Crippen LogP contribution in [0.15, 0.2) is 18.3 Å². The van der Waals surface area contributed by atoms with Gasteiger partial charge in [0.15, 0.2) is 0 Å². The number of anilines is 1. The molecule has 0 fully saturated rings. The maximum atomic E-state index is 11.2. The molecule has 6 heteroatoms. The fraction of sp³-hybridized carbons (Fsp3) is 0.615. The van der Waals surface area contributed by atoms with E-state index in [9.17, 15) is 8.42 Å². The fourth-order valence-corrected chi connectivity index (χ4v) is 2.12. The smallest absolute Gasteiger partial charge is 0.149 e. The molecule has 0 radical (unpaired) electrons. The van der Waals surface area contributed by atoms with E-state index < -0.39 is 9.84 Å². The second kappa shape index (κ2) is 6.86. The number of pyridine rings is 1. The average molecular weight is 285 g/mol. The van der Waals surface area contributed by atoms with E-state index in [-0.39, 0.29) is 5.75 Å². The Balaban J connectivity index is 2.64. The van der Waals surface area contributed by atoms with Crippen LogP contribution in [0.4, 0.5) is 5.82 Å². The van der Waals surface area contributed by atoms with Crippen molar-refractivity contribution < 1.29 is 8.42 Å². The third kappa shape index (κ3) is 6.54. The fourth-order valence-electron chi connectivity index (χ4n) is 1.52. The molecule has 1 N–H and O–H groups in total. The van der Waals surface area contributed by atoms with E-state index >= 15 is 0 Å². The minimum Gasteiger partial charge on any atom is -0.359 e. The van der Waals surface area contributed by atoms with Crippen LogP contribution >= 0.6 is 0 Å². The molecule has 0 aliphatic rings. The zero-order valence-electron chi connectivity index (χ0n) is 12.0. The first-order chi connectivity index (χ1) is 8.78. The van der Waals surface area contributed by atoms with Gasteiger partial charge in [-0.3, -0.25) is 0 Å². The Hall–Kier alpha value is -1.14. The molecule has 0 unspecified atom stereocenters. The molecule has 0 bridgehead atoms. The van der Waals surface area contributed by atoms with E-state index in [2.05, 4.69) is 24.1 Å². The van der Waals surface area contributed by atoms with Crippen molar-refractivity contribution in [3.05, 3.63) is 23.9 Å². The summed E-state index contributed by atoms with van der Waals surface area (Å²) in [6, 6.07) is 4.38. The average Bonchev–Trinajstić information content (AvgIpc) is 2.33. The lowest BCUT2D eigenvalue weighted by Crippen LogP contribution is -2.26. The van der Waals surface area contributed by atoms with Gasteiger partial charge in [0.05, 0.1) is 5.75 Å². The van der Waals surface area contributed by atoms with Crippen LogP contribution < -0.4 is 10.2 Å². The number of rotatable bonds is 7. The zero-order valence-corrected chi connectivity index (χ0v) is 12.9. The molecule has 108 valence electrons. The molecule has 0 spiro atoms. The Labute approximate surface area is 116 Å². The highest BCUT2D eigenvalue weighted by Crippen LogP contribution is 2.11. The third-order valence-corrected chi connectivity index (χ3v) is 3.64. The molecule has 1 heterocycles. The Kier molecular flexibility index (Phi) is 5.75. The van der Waals surface area contributed by atoms with Crippen molar-refractivity contribution in [2.45, 2.75) is 26.4 Å². The summed E-state index contributed by atoms with van der Waals surface area (Å²) in [7, 11) is -1.09. The normalized spacial score (nSPS) is 11.8. The van der Waals surface area contributed by atoms with E-state index in [1.807, 2.05) is 24.1 Å². The van der Waals surface area contributed by atoms with E-state index in [0.717, 1.165) is 17.9 Å². The Morgan fingerprint density at radius 2 is 2.11 bits per heavy atom. The van der Waals surface area contributed by atoms with Crippen LogP contribution in [0.1, 0.15) is 19.4 Å². The van der Waals surface area contributed by atoms with Gasteiger partial charge in [0.1, 0.15) is 15.7 Å². The lowest BCUT2D eigenvalue weighted by Gasteiger charge is -2.18. The highest BCUT2D eigenvalue weighted by molar-refractivity contribution is 7.90. The van der Waals surface area contributed by atoms with Gasteiger partial charge in [0.25, 0.3) is 0 Å². The molecule has 0 aliphatic carbocycles. The molecule has 1 aromatic heterocycles. The zero-order chi connectivity index (χ0) is 14.5. The molecule has 19 heavy (non-hydrogen) atoms. The molecule has 5 nitrogen and oxygen atoms in total. The summed E-state index contributed by atoms with van der Waals surface area (Å²) in [5.41, 5.74) is 1.14. The number of nitrogens with one attached hydrogen (secondary N) is 1. The van der Waals surface area contributed by atoms with Gasteiger partial charge in [-0.2, -0.15) is 0 Å². The Morgan fingerprint density at radius 1 is 1.42 bits per heavy atom. The summed E-state index contributed by atoms with van der Waals surface area (Å²) in [6.45, 7) is 5.43. The molecule has 0 aliphatic heterocycles. The highest BCUT2D eigenvalue weighted by Gasteiger charge is 2.08. The molecule has 1 aromatic rings. The van der Waals surface area contributed by atoms with Crippen molar-refractivity contribution in [3.8, 4) is 0 Å². The number of aromatic nitrogens is 1. The summed E-state index contributed by atoms with van der Waals surface area (Å²) in [5.74, 6) is 0.936. The van der Waals surface area contributed by atoms with Crippen molar-refractivity contribution >= 4 is 15.7 Å². The van der Waals surface area contributed by atoms with Crippen molar-refractivity contribution in [3.63, 3.8) is 0 Å². The Bertz CT molecular complexity index is 500. The van der Waals surface area contributed by atoms with Gasteiger partial charge in [-0.15, -0.1) is 0 Å². The Morgan fingerprint density at radius 3 is 2.68 bits per heavy atom. The molecular weight excluding hydrogens is 262 g/mol. The van der Waals surface area contributed by atoms with Crippen LogP contribution in [0.25, 0.3) is 0 Å². The maximum Gasteiger partial charge on any atom is 0.149 e. The topological polar surface area (TPSA) is 62.3 Å². The van der Waals surface area contributed by atoms with Crippen LogP contribution in [0.2, 0.25) is 0 Å². The molecule has 0 aromatic carbocycles. The SMILES string of the molecule is CC(C)NCc1ccnc(N(C)CCS(C)(=O)=O)c1. The predicted octanol–water partition coefficient (Wildman–Crippen LogP) is 1.06. The van der Waals surface area contributed by atoms with E-state index in [0.29, 0.717) is 12.6 Å². The van der Waals surface area contributed by atoms with Gasteiger partial charge in [0.2, 0.25) is 0 Å². The van der Waals surface area contributed by atoms with Crippen molar-refractivity contribution in [1.82, 2.24) is 10.3 Å². The monoisotopic (exact) mass is 285 g/mol. The molecular formula is C13H23N3O2S. The lowest BCUT2D eigenvalue weighted by molar-refractivity contribution is 0.588. The van der Waals surface area contributed by atoms with Gasteiger partial charge >= 0.3 is 0 Å². The first kappa shape index (κ1) is 15.9. The molecule has 1 rings (SSSR count). The standard InChI is InChI=1S/C13H23N3O2S/c1-11(2)15-10-12-5-6-14-13(9-12)16(3)7-8-19(4,17)18/h5-6,9,11,15H,7-8,10H2,1-4H3. The second-order valence-corrected chi connectivity index (χ2v) is 7.37. The second-order valence-electron chi connectivity index (χ2n) is 5.11. The summed E-state index contributed by atoms with van der Waals surface area (Å²) >= 11 is 0. The van der Waals surface area contributed by atoms with E-state index in [1.165, 1.54) is 6.26 Å². The largest absolute Gasteiger partial charge is 0.359 e. The summed E-state index contributed by atoms with van der Waals surface area (Å²) in [6.07, 6.45) is 3.00. The third-order valence-electron chi connectivity index (χ3n) is 2.71. The first-order valence-corrected chi connectivity index (χ1v) is 8.41. The maximum absolute atomic E-state index is 11.2. The summed E-state index contributed by atoms with van der Waals surface area (Å²) in [4.78, 5) is 6.13. The summed E-state index contributed by atoms with van der Waals surface area (Å²) < 4.78 is 22.3. The minimum absolute atomic E-state index is 0.139. The quantitative estimate of drug-likeness (QED) is 0.811. The number of sulfone groups is 1. The van der Waals surface area contributed by atoms with Crippen LogP contribution in [0.5, 0.6) is 0 Å². The molecule has 0 saturated heterocycles. The number of nitrogens with zero attached hydrogens (tertiary/aromatic N) is 2. The van der Waals surface area contributed by atoms with Gasteiger partial charge in [-0.1, -0.05) is 13.8 Å². The lowest BCUT2D eigenvalue weighted by atomic mass is 10.2. The van der Waals surface area contributed by atoms with Gasteiger partial charge < -0.3 is 10.2 Å². The minimum atomic E-state index is -2.94. The van der Waals surface area contributed by atoms with E-state index in [4.69, 9.17) is 0 Å². The molecule has 0 atom stereocenters. The van der Waals surface area contributed by atoms with Gasteiger partial charge in [-0.25, -0.2) is 13.4 Å². The van der Waals surface area contributed by atoms with Gasteiger partial charge in [0, 0.05) is 38.6 Å². The van der Waals surface area contributed by atoms with Crippen LogP contribution in [-0.4, -0.2) is 45.0 Å². The predicted molar refractivity (Wildman–Crippen MR) is 79.2 cm³/mol. The van der Waals surface area contributed by atoms with Crippen molar-refractivity contribution in [2.75, 3.05) is 30.5 Å². The number of hydrogen-bond acceptors (Lipinski definition) is 5. The van der Waals surface area contributed by atoms with Crippen LogP contribution in [0.3, 0.4) is 0 Å². The first-order valence-electron chi connectivity index (χ1n) is 6.35.